The van der Waals surface area contributed by atoms with Crippen LogP contribution in [-0.2, 0) is 0 Å². The predicted molar refractivity (Wildman–Crippen MR) is 94.8 cm³/mol. The third-order valence-electron chi connectivity index (χ3n) is 4.68. The summed E-state index contributed by atoms with van der Waals surface area (Å²) in [4.78, 5) is 2.41. The first-order valence-corrected chi connectivity index (χ1v) is 8.42. The zero-order valence-electron chi connectivity index (χ0n) is 12.7. The summed E-state index contributed by atoms with van der Waals surface area (Å²) < 4.78 is 5.78. The van der Waals surface area contributed by atoms with Gasteiger partial charge in [0, 0.05) is 24.7 Å². The number of fused-ring (bicyclic) bond motifs is 2. The van der Waals surface area contributed by atoms with Crippen molar-refractivity contribution in [3.63, 3.8) is 0 Å². The maximum atomic E-state index is 6.11. The van der Waals surface area contributed by atoms with E-state index in [0.717, 1.165) is 18.6 Å². The van der Waals surface area contributed by atoms with Crippen molar-refractivity contribution in [1.82, 2.24) is 10.2 Å². The fraction of sp³-hybridized carbons (Fsp3) is 0.625. The molecule has 1 N–H and O–H groups in total. The highest BCUT2D eigenvalue weighted by Gasteiger charge is 2.34. The number of halogens is 3. The minimum Gasteiger partial charge on any atom is -0.489 e. The van der Waals surface area contributed by atoms with Crippen LogP contribution in [0.5, 0.6) is 5.75 Å². The van der Waals surface area contributed by atoms with Gasteiger partial charge >= 0.3 is 0 Å². The Kier molecular flexibility index (Phi) is 6.66. The summed E-state index contributed by atoms with van der Waals surface area (Å²) in [5.74, 6) is 0.597. The molecular formula is C16H23Cl3N2O. The quantitative estimate of drug-likeness (QED) is 0.853. The van der Waals surface area contributed by atoms with Crippen molar-refractivity contribution in [1.29, 1.82) is 0 Å². The van der Waals surface area contributed by atoms with E-state index >= 15 is 0 Å². The van der Waals surface area contributed by atoms with Gasteiger partial charge in [0.1, 0.15) is 6.61 Å². The molecule has 2 unspecified atom stereocenters. The summed E-state index contributed by atoms with van der Waals surface area (Å²) in [5.41, 5.74) is 0. The molecule has 2 bridgehead atoms. The molecule has 0 amide bonds. The van der Waals surface area contributed by atoms with Gasteiger partial charge in [-0.1, -0.05) is 29.3 Å². The number of ether oxygens (including phenoxy) is 1. The summed E-state index contributed by atoms with van der Waals surface area (Å²) in [5, 5.41) is 4.83. The lowest BCUT2D eigenvalue weighted by Crippen LogP contribution is -2.47. The van der Waals surface area contributed by atoms with E-state index in [1.54, 1.807) is 12.1 Å². The first-order valence-electron chi connectivity index (χ1n) is 7.66. The van der Waals surface area contributed by atoms with Crippen LogP contribution in [0.4, 0.5) is 0 Å². The van der Waals surface area contributed by atoms with E-state index in [1.807, 2.05) is 6.07 Å². The van der Waals surface area contributed by atoms with Crippen molar-refractivity contribution in [2.45, 2.75) is 43.8 Å². The van der Waals surface area contributed by atoms with Gasteiger partial charge in [0.25, 0.3) is 0 Å². The minimum absolute atomic E-state index is 0. The van der Waals surface area contributed by atoms with Gasteiger partial charge in [0.2, 0.25) is 0 Å². The summed E-state index contributed by atoms with van der Waals surface area (Å²) in [6, 6.07) is 7.53. The number of hydrogen-bond donors (Lipinski definition) is 1. The van der Waals surface area contributed by atoms with Crippen LogP contribution in [0.3, 0.4) is 0 Å². The maximum Gasteiger partial charge on any atom is 0.156 e. The smallest absolute Gasteiger partial charge is 0.156 e. The second-order valence-corrected chi connectivity index (χ2v) is 6.96. The number of para-hydroxylation sites is 1. The fourth-order valence-electron chi connectivity index (χ4n) is 3.48. The normalized spacial score (nSPS) is 26.8. The number of likely N-dealkylation sites (N-methyl/N-ethyl adjacent to an activating group) is 1. The predicted octanol–water partition coefficient (Wildman–Crippen LogP) is 4.01. The average molecular weight is 366 g/mol. The summed E-state index contributed by atoms with van der Waals surface area (Å²) >= 11 is 12.2. The Morgan fingerprint density at radius 1 is 1.18 bits per heavy atom. The van der Waals surface area contributed by atoms with Gasteiger partial charge in [-0.2, -0.15) is 0 Å². The van der Waals surface area contributed by atoms with Gasteiger partial charge in [0.15, 0.2) is 5.75 Å². The van der Waals surface area contributed by atoms with Crippen LogP contribution in [0.1, 0.15) is 25.7 Å². The first kappa shape index (κ1) is 18.2. The highest BCUT2D eigenvalue weighted by Crippen LogP contribution is 2.32. The largest absolute Gasteiger partial charge is 0.489 e. The van der Waals surface area contributed by atoms with E-state index in [-0.39, 0.29) is 12.4 Å². The molecule has 2 fully saturated rings. The number of nitrogens with one attached hydrogen (secondary N) is 1. The Bertz CT molecular complexity index is 468. The highest BCUT2D eigenvalue weighted by molar-refractivity contribution is 6.37. The van der Waals surface area contributed by atoms with Gasteiger partial charge < -0.3 is 10.1 Å². The van der Waals surface area contributed by atoms with E-state index in [9.17, 15) is 0 Å². The van der Waals surface area contributed by atoms with E-state index in [1.165, 1.54) is 25.7 Å². The molecule has 0 aromatic heterocycles. The van der Waals surface area contributed by atoms with Crippen molar-refractivity contribution in [2.24, 2.45) is 0 Å². The fourth-order valence-corrected chi connectivity index (χ4v) is 3.99. The highest BCUT2D eigenvalue weighted by atomic mass is 35.5. The average Bonchev–Trinajstić information content (AvgIpc) is 2.80. The van der Waals surface area contributed by atoms with Crippen LogP contribution in [-0.4, -0.2) is 43.2 Å². The van der Waals surface area contributed by atoms with Crippen LogP contribution < -0.4 is 10.1 Å². The van der Waals surface area contributed by atoms with Crippen LogP contribution in [0.25, 0.3) is 0 Å². The maximum absolute atomic E-state index is 6.11. The number of rotatable bonds is 5. The van der Waals surface area contributed by atoms with Crippen molar-refractivity contribution < 1.29 is 4.74 Å². The molecule has 0 aliphatic carbocycles. The van der Waals surface area contributed by atoms with Gasteiger partial charge in [-0.05, 0) is 44.9 Å². The van der Waals surface area contributed by atoms with Crippen LogP contribution in [0, 0.1) is 0 Å². The lowest BCUT2D eigenvalue weighted by molar-refractivity contribution is 0.147. The third-order valence-corrected chi connectivity index (χ3v) is 5.28. The molecule has 2 heterocycles. The molecule has 6 heteroatoms. The van der Waals surface area contributed by atoms with Crippen LogP contribution >= 0.6 is 35.6 Å². The zero-order valence-corrected chi connectivity index (χ0v) is 15.1. The van der Waals surface area contributed by atoms with E-state index in [2.05, 4.69) is 17.3 Å². The number of nitrogens with zero attached hydrogens (tertiary/aromatic N) is 1. The second kappa shape index (κ2) is 8.07. The molecule has 0 spiro atoms. The standard InChI is InChI=1S/C16H22Cl2N2O.ClH/c1-20(13-9-11-5-6-12(10-13)19-11)7-8-21-16-14(17)3-2-4-15(16)18;/h2-4,11-13,19H,5-10H2,1H3;1H. The third kappa shape index (κ3) is 4.21. The first-order chi connectivity index (χ1) is 10.1. The number of hydrogen-bond acceptors (Lipinski definition) is 3. The molecule has 1 aromatic carbocycles. The Hall–Kier alpha value is -0.190. The van der Waals surface area contributed by atoms with Crippen LogP contribution in [0.15, 0.2) is 18.2 Å². The molecule has 3 rings (SSSR count). The van der Waals surface area contributed by atoms with Crippen molar-refractivity contribution in [2.75, 3.05) is 20.2 Å². The second-order valence-electron chi connectivity index (χ2n) is 6.14. The molecule has 2 saturated heterocycles. The minimum atomic E-state index is 0. The van der Waals surface area contributed by atoms with Crippen LogP contribution in [0.2, 0.25) is 10.0 Å². The molecule has 0 radical (unpaired) electrons. The van der Waals surface area contributed by atoms with Crippen molar-refractivity contribution >= 4 is 35.6 Å². The van der Waals surface area contributed by atoms with E-state index < -0.39 is 0 Å². The Morgan fingerprint density at radius 3 is 2.36 bits per heavy atom. The SMILES string of the molecule is CN(CCOc1c(Cl)cccc1Cl)C1CC2CCC(C1)N2.Cl. The monoisotopic (exact) mass is 364 g/mol. The van der Waals surface area contributed by atoms with Crippen molar-refractivity contribution in [3.8, 4) is 5.75 Å². The van der Waals surface area contributed by atoms with Gasteiger partial charge in [0.05, 0.1) is 10.0 Å². The molecule has 124 valence electrons. The van der Waals surface area contributed by atoms with Gasteiger partial charge in [-0.15, -0.1) is 12.4 Å². The Balaban J connectivity index is 0.00000176. The molecule has 2 aliphatic rings. The zero-order chi connectivity index (χ0) is 14.8. The van der Waals surface area contributed by atoms with E-state index in [0.29, 0.717) is 28.4 Å². The van der Waals surface area contributed by atoms with Gasteiger partial charge in [-0.25, -0.2) is 0 Å². The molecule has 0 saturated carbocycles. The van der Waals surface area contributed by atoms with E-state index in [4.69, 9.17) is 27.9 Å². The molecule has 1 aromatic rings. The summed E-state index contributed by atoms with van der Waals surface area (Å²) in [6.07, 6.45) is 5.17. The lowest BCUT2D eigenvalue weighted by atomic mass is 9.99. The topological polar surface area (TPSA) is 24.5 Å². The Labute approximate surface area is 148 Å². The van der Waals surface area contributed by atoms with Crippen molar-refractivity contribution in [3.05, 3.63) is 28.2 Å². The summed E-state index contributed by atoms with van der Waals surface area (Å²) in [6.45, 7) is 1.50. The summed E-state index contributed by atoms with van der Waals surface area (Å²) in [7, 11) is 2.19. The molecular weight excluding hydrogens is 343 g/mol. The number of piperidine rings is 1. The lowest BCUT2D eigenvalue weighted by Gasteiger charge is -2.35. The Morgan fingerprint density at radius 2 is 1.77 bits per heavy atom. The molecule has 2 atom stereocenters. The number of benzene rings is 1. The van der Waals surface area contributed by atoms with Gasteiger partial charge in [-0.3, -0.25) is 4.90 Å². The molecule has 22 heavy (non-hydrogen) atoms. The molecule has 3 nitrogen and oxygen atoms in total. The molecule has 2 aliphatic heterocycles.